The molecule has 1 unspecified atom stereocenters. The van der Waals surface area contributed by atoms with E-state index in [0.717, 1.165) is 28.5 Å². The van der Waals surface area contributed by atoms with Gasteiger partial charge in [0.05, 0.1) is 30.7 Å². The maximum Gasteiger partial charge on any atom is 0.224 e. The number of carbonyl (C=O) groups is 1. The van der Waals surface area contributed by atoms with Crippen LogP contribution in [-0.2, 0) is 11.3 Å². The molecular formula is C18H21N3O2S. The molecule has 126 valence electrons. The minimum atomic E-state index is -0.0187. The number of hydrogen-bond acceptors (Lipinski definition) is 5. The average Bonchev–Trinajstić information content (AvgIpc) is 2.59. The van der Waals surface area contributed by atoms with E-state index in [9.17, 15) is 4.79 Å². The van der Waals surface area contributed by atoms with Crippen LogP contribution in [0.3, 0.4) is 0 Å². The van der Waals surface area contributed by atoms with Gasteiger partial charge in [-0.05, 0) is 31.5 Å². The van der Waals surface area contributed by atoms with Gasteiger partial charge in [-0.15, -0.1) is 11.8 Å². The molecule has 2 heterocycles. The summed E-state index contributed by atoms with van der Waals surface area (Å²) >= 11 is 1.78. The highest BCUT2D eigenvalue weighted by Gasteiger charge is 2.30. The lowest BCUT2D eigenvalue weighted by Crippen LogP contribution is -2.37. The number of amides is 1. The van der Waals surface area contributed by atoms with Gasteiger partial charge in [-0.2, -0.15) is 0 Å². The molecule has 1 aliphatic rings. The van der Waals surface area contributed by atoms with E-state index in [2.05, 4.69) is 9.97 Å². The number of aryl methyl sites for hydroxylation is 1. The van der Waals surface area contributed by atoms with E-state index in [1.807, 2.05) is 43.0 Å². The third-order valence-electron chi connectivity index (χ3n) is 3.82. The summed E-state index contributed by atoms with van der Waals surface area (Å²) < 4.78 is 5.60. The highest BCUT2D eigenvalue weighted by atomic mass is 32.2. The summed E-state index contributed by atoms with van der Waals surface area (Å²) in [7, 11) is 0. The van der Waals surface area contributed by atoms with Crippen molar-refractivity contribution in [1.82, 2.24) is 14.9 Å². The zero-order valence-corrected chi connectivity index (χ0v) is 14.8. The van der Waals surface area contributed by atoms with E-state index >= 15 is 0 Å². The van der Waals surface area contributed by atoms with E-state index in [4.69, 9.17) is 4.74 Å². The smallest absolute Gasteiger partial charge is 0.224 e. The van der Waals surface area contributed by atoms with E-state index in [0.29, 0.717) is 19.6 Å². The lowest BCUT2D eigenvalue weighted by Gasteiger charge is -2.35. The van der Waals surface area contributed by atoms with E-state index < -0.39 is 0 Å². The van der Waals surface area contributed by atoms with Crippen LogP contribution in [0, 0.1) is 6.92 Å². The molecule has 1 amide bonds. The zero-order valence-electron chi connectivity index (χ0n) is 13.9. The van der Waals surface area contributed by atoms with Gasteiger partial charge in [0.15, 0.2) is 0 Å². The summed E-state index contributed by atoms with van der Waals surface area (Å²) in [5, 5.41) is -0.0187. The molecule has 0 spiro atoms. The number of carbonyl (C=O) groups excluding carboxylic acids is 1. The van der Waals surface area contributed by atoms with Crippen LogP contribution in [-0.4, -0.2) is 33.1 Å². The lowest BCUT2D eigenvalue weighted by atomic mass is 10.1. The minimum absolute atomic E-state index is 0.0187. The molecule has 0 N–H and O–H groups in total. The molecule has 2 aromatic rings. The van der Waals surface area contributed by atoms with Gasteiger partial charge in [0.25, 0.3) is 0 Å². The van der Waals surface area contributed by atoms with Crippen molar-refractivity contribution in [2.45, 2.75) is 32.2 Å². The van der Waals surface area contributed by atoms with Crippen LogP contribution in [0.15, 0.2) is 36.7 Å². The largest absolute Gasteiger partial charge is 0.494 e. The van der Waals surface area contributed by atoms with Crippen LogP contribution in [0.25, 0.3) is 0 Å². The Bertz CT molecular complexity index is 706. The van der Waals surface area contributed by atoms with Gasteiger partial charge >= 0.3 is 0 Å². The number of hydrogen-bond donors (Lipinski definition) is 0. The van der Waals surface area contributed by atoms with Gasteiger partial charge in [-0.3, -0.25) is 14.8 Å². The molecule has 1 fully saturated rings. The van der Waals surface area contributed by atoms with Gasteiger partial charge in [0.1, 0.15) is 11.1 Å². The second-order valence-corrected chi connectivity index (χ2v) is 6.84. The van der Waals surface area contributed by atoms with Crippen molar-refractivity contribution in [2.75, 3.05) is 12.4 Å². The number of aromatic nitrogens is 2. The van der Waals surface area contributed by atoms with Crippen LogP contribution in [0.4, 0.5) is 0 Å². The molecule has 5 nitrogen and oxygen atoms in total. The summed E-state index contributed by atoms with van der Waals surface area (Å²) in [5.41, 5.74) is 2.76. The highest BCUT2D eigenvalue weighted by molar-refractivity contribution is 7.99. The fourth-order valence-corrected chi connectivity index (χ4v) is 3.90. The summed E-state index contributed by atoms with van der Waals surface area (Å²) in [6.07, 6.45) is 4.04. The first-order chi connectivity index (χ1) is 11.7. The Morgan fingerprint density at radius 2 is 2.21 bits per heavy atom. The van der Waals surface area contributed by atoms with Gasteiger partial charge < -0.3 is 9.64 Å². The molecule has 0 aliphatic carbocycles. The molecule has 1 aromatic carbocycles. The number of rotatable bonds is 5. The third kappa shape index (κ3) is 3.87. The molecule has 0 radical (unpaired) electrons. The normalized spacial score (nSPS) is 17.8. The maximum atomic E-state index is 12.5. The molecule has 6 heteroatoms. The van der Waals surface area contributed by atoms with Crippen molar-refractivity contribution in [3.05, 3.63) is 53.6 Å². The van der Waals surface area contributed by atoms with Gasteiger partial charge in [-0.1, -0.05) is 12.1 Å². The number of thioether (sulfide) groups is 1. The quantitative estimate of drug-likeness (QED) is 0.833. The molecule has 3 rings (SSSR count). The summed E-state index contributed by atoms with van der Waals surface area (Å²) in [6, 6.07) is 7.99. The van der Waals surface area contributed by atoms with Crippen molar-refractivity contribution in [3.8, 4) is 5.75 Å². The Labute approximate surface area is 146 Å². The first-order valence-corrected chi connectivity index (χ1v) is 9.13. The molecule has 1 atom stereocenters. The number of benzene rings is 1. The van der Waals surface area contributed by atoms with Crippen LogP contribution < -0.4 is 4.74 Å². The van der Waals surface area contributed by atoms with Gasteiger partial charge in [-0.25, -0.2) is 0 Å². The van der Waals surface area contributed by atoms with E-state index in [1.165, 1.54) is 0 Å². The van der Waals surface area contributed by atoms with Crippen molar-refractivity contribution in [1.29, 1.82) is 0 Å². The molecule has 24 heavy (non-hydrogen) atoms. The summed E-state index contributed by atoms with van der Waals surface area (Å²) in [6.45, 7) is 4.97. The van der Waals surface area contributed by atoms with E-state index in [1.54, 1.807) is 24.2 Å². The van der Waals surface area contributed by atoms with Crippen LogP contribution >= 0.6 is 11.8 Å². The average molecular weight is 343 g/mol. The fourth-order valence-electron chi connectivity index (χ4n) is 2.67. The van der Waals surface area contributed by atoms with Crippen LogP contribution in [0.5, 0.6) is 5.75 Å². The Kier molecular flexibility index (Phi) is 5.35. The molecule has 0 saturated carbocycles. The van der Waals surface area contributed by atoms with Crippen LogP contribution in [0.1, 0.15) is 35.7 Å². The minimum Gasteiger partial charge on any atom is -0.494 e. The Hall–Kier alpha value is -2.08. The van der Waals surface area contributed by atoms with Crippen molar-refractivity contribution in [3.63, 3.8) is 0 Å². The molecular weight excluding hydrogens is 322 g/mol. The van der Waals surface area contributed by atoms with E-state index in [-0.39, 0.29) is 11.3 Å². The van der Waals surface area contributed by atoms with Crippen molar-refractivity contribution < 1.29 is 9.53 Å². The van der Waals surface area contributed by atoms with Gasteiger partial charge in [0.2, 0.25) is 5.91 Å². The summed E-state index contributed by atoms with van der Waals surface area (Å²) in [4.78, 5) is 23.1. The second kappa shape index (κ2) is 7.66. The first kappa shape index (κ1) is 16.8. The predicted octanol–water partition coefficient (Wildman–Crippen LogP) is 3.35. The maximum absolute atomic E-state index is 12.5. The topological polar surface area (TPSA) is 55.3 Å². The van der Waals surface area contributed by atoms with Crippen molar-refractivity contribution in [2.24, 2.45) is 0 Å². The molecule has 0 bridgehead atoms. The van der Waals surface area contributed by atoms with Gasteiger partial charge in [0, 0.05) is 18.4 Å². The SMILES string of the molecule is CCOc1cccc(C2SCCC(=O)N2Cc2cnc(C)cn2)c1. The third-order valence-corrected chi connectivity index (χ3v) is 5.10. The standard InChI is InChI=1S/C18H21N3O2S/c1-3-23-16-6-4-5-14(9-16)18-21(17(22)7-8-24-18)12-15-11-19-13(2)10-20-15/h4-6,9-11,18H,3,7-8,12H2,1-2H3. The monoisotopic (exact) mass is 343 g/mol. The highest BCUT2D eigenvalue weighted by Crippen LogP contribution is 2.39. The molecule has 1 aromatic heterocycles. The number of ether oxygens (including phenoxy) is 1. The Morgan fingerprint density at radius 3 is 2.96 bits per heavy atom. The molecule has 1 aliphatic heterocycles. The molecule has 1 saturated heterocycles. The Morgan fingerprint density at radius 1 is 1.33 bits per heavy atom. The Balaban J connectivity index is 1.85. The first-order valence-electron chi connectivity index (χ1n) is 8.08. The summed E-state index contributed by atoms with van der Waals surface area (Å²) in [5.74, 6) is 1.82. The fraction of sp³-hybridized carbons (Fsp3) is 0.389. The number of nitrogens with zero attached hydrogens (tertiary/aromatic N) is 3. The second-order valence-electron chi connectivity index (χ2n) is 5.65. The predicted molar refractivity (Wildman–Crippen MR) is 94.7 cm³/mol. The zero-order chi connectivity index (χ0) is 16.9. The van der Waals surface area contributed by atoms with Crippen molar-refractivity contribution >= 4 is 17.7 Å². The lowest BCUT2D eigenvalue weighted by molar-refractivity contribution is -0.132. The van der Waals surface area contributed by atoms with Crippen LogP contribution in [0.2, 0.25) is 0 Å².